The lowest BCUT2D eigenvalue weighted by atomic mass is 10.5. The molecular formula is C9H14NO3PS. The summed E-state index contributed by atoms with van der Waals surface area (Å²) >= 11 is 5.21. The van der Waals surface area contributed by atoms with E-state index >= 15 is 0 Å². The van der Waals surface area contributed by atoms with E-state index in [1.54, 1.807) is 24.5 Å². The molecule has 0 amide bonds. The van der Waals surface area contributed by atoms with Gasteiger partial charge in [0.15, 0.2) is 0 Å². The fourth-order valence-electron chi connectivity index (χ4n) is 0.934. The standard InChI is InChI=1S/C9H14NO3PS/c1-3-11-14(15,12-4-2)13-9-5-7-10-8-6-9/h5-8H,3-4H2,1-2H3. The van der Waals surface area contributed by atoms with Crippen molar-refractivity contribution in [3.63, 3.8) is 0 Å². The summed E-state index contributed by atoms with van der Waals surface area (Å²) in [6.45, 7) is 2.03. The van der Waals surface area contributed by atoms with Crippen molar-refractivity contribution in [2.45, 2.75) is 13.8 Å². The highest BCUT2D eigenvalue weighted by Crippen LogP contribution is 2.49. The fourth-order valence-corrected chi connectivity index (χ4v) is 3.02. The first-order valence-corrected chi connectivity index (χ1v) is 7.24. The molecule has 0 aliphatic rings. The van der Waals surface area contributed by atoms with Crippen LogP contribution < -0.4 is 4.52 Å². The summed E-state index contributed by atoms with van der Waals surface area (Å²) in [5, 5.41) is 0. The van der Waals surface area contributed by atoms with Crippen LogP contribution in [0.2, 0.25) is 0 Å². The Morgan fingerprint density at radius 2 is 1.73 bits per heavy atom. The second-order valence-electron chi connectivity index (χ2n) is 2.56. The number of pyridine rings is 1. The van der Waals surface area contributed by atoms with Gasteiger partial charge in [-0.05, 0) is 26.0 Å². The van der Waals surface area contributed by atoms with Crippen molar-refractivity contribution in [2.75, 3.05) is 13.2 Å². The van der Waals surface area contributed by atoms with E-state index in [0.29, 0.717) is 19.0 Å². The molecule has 1 aromatic heterocycles. The lowest BCUT2D eigenvalue weighted by Gasteiger charge is -2.20. The first-order valence-electron chi connectivity index (χ1n) is 4.69. The third-order valence-electron chi connectivity index (χ3n) is 1.44. The van der Waals surface area contributed by atoms with Gasteiger partial charge in [-0.1, -0.05) is 0 Å². The Morgan fingerprint density at radius 3 is 2.20 bits per heavy atom. The summed E-state index contributed by atoms with van der Waals surface area (Å²) in [4.78, 5) is 3.88. The Balaban J connectivity index is 2.71. The molecule has 6 heteroatoms. The molecule has 1 rings (SSSR count). The largest absolute Gasteiger partial charge is 0.424 e. The lowest BCUT2D eigenvalue weighted by Crippen LogP contribution is -2.01. The van der Waals surface area contributed by atoms with Crippen LogP contribution in [0, 0.1) is 0 Å². The van der Waals surface area contributed by atoms with Crippen LogP contribution in [-0.2, 0) is 20.9 Å². The average molecular weight is 247 g/mol. The highest BCUT2D eigenvalue weighted by Gasteiger charge is 2.20. The summed E-state index contributed by atoms with van der Waals surface area (Å²) in [6, 6.07) is 3.44. The molecule has 0 saturated heterocycles. The Labute approximate surface area is 94.8 Å². The van der Waals surface area contributed by atoms with Gasteiger partial charge in [-0.15, -0.1) is 0 Å². The smallest absolute Gasteiger partial charge is 0.380 e. The van der Waals surface area contributed by atoms with E-state index in [0.717, 1.165) is 0 Å². The zero-order chi connectivity index (χ0) is 11.1. The molecule has 0 aliphatic heterocycles. The van der Waals surface area contributed by atoms with Crippen LogP contribution >= 0.6 is 6.72 Å². The van der Waals surface area contributed by atoms with E-state index in [4.69, 9.17) is 25.4 Å². The molecule has 0 N–H and O–H groups in total. The van der Waals surface area contributed by atoms with Crippen molar-refractivity contribution in [1.29, 1.82) is 0 Å². The first-order chi connectivity index (χ1) is 7.20. The zero-order valence-electron chi connectivity index (χ0n) is 8.75. The van der Waals surface area contributed by atoms with E-state index in [2.05, 4.69) is 4.98 Å². The number of aromatic nitrogens is 1. The highest BCUT2D eigenvalue weighted by molar-refractivity contribution is 8.07. The third-order valence-corrected chi connectivity index (χ3v) is 3.88. The van der Waals surface area contributed by atoms with Crippen LogP contribution in [0.5, 0.6) is 5.75 Å². The summed E-state index contributed by atoms with van der Waals surface area (Å²) in [6.07, 6.45) is 3.26. The van der Waals surface area contributed by atoms with Gasteiger partial charge in [-0.3, -0.25) is 14.0 Å². The van der Waals surface area contributed by atoms with Gasteiger partial charge in [-0.2, -0.15) is 0 Å². The topological polar surface area (TPSA) is 40.6 Å². The summed E-state index contributed by atoms with van der Waals surface area (Å²) < 4.78 is 16.2. The molecule has 1 heterocycles. The molecule has 15 heavy (non-hydrogen) atoms. The quantitative estimate of drug-likeness (QED) is 0.723. The van der Waals surface area contributed by atoms with Crippen LogP contribution in [0.4, 0.5) is 0 Å². The third kappa shape index (κ3) is 4.26. The predicted octanol–water partition coefficient (Wildman–Crippen LogP) is 2.76. The van der Waals surface area contributed by atoms with Gasteiger partial charge in [-0.25, -0.2) is 0 Å². The van der Waals surface area contributed by atoms with Gasteiger partial charge in [0.1, 0.15) is 5.75 Å². The second kappa shape index (κ2) is 6.18. The van der Waals surface area contributed by atoms with Crippen LogP contribution in [-0.4, -0.2) is 18.2 Å². The molecule has 0 saturated carbocycles. The maximum Gasteiger partial charge on any atom is 0.380 e. The summed E-state index contributed by atoms with van der Waals surface area (Å²) in [7, 11) is 0. The Hall–Kier alpha value is -0.480. The van der Waals surface area contributed by atoms with Crippen LogP contribution in [0.1, 0.15) is 13.8 Å². The van der Waals surface area contributed by atoms with Crippen molar-refractivity contribution < 1.29 is 13.6 Å². The van der Waals surface area contributed by atoms with Crippen molar-refractivity contribution in [2.24, 2.45) is 0 Å². The minimum atomic E-state index is -2.64. The number of hydrogen-bond acceptors (Lipinski definition) is 5. The van der Waals surface area contributed by atoms with Gasteiger partial charge in [0, 0.05) is 24.2 Å². The van der Waals surface area contributed by atoms with Gasteiger partial charge in [0.25, 0.3) is 0 Å². The van der Waals surface area contributed by atoms with E-state index in [1.807, 2.05) is 13.8 Å². The van der Waals surface area contributed by atoms with E-state index < -0.39 is 6.72 Å². The molecule has 0 aliphatic carbocycles. The monoisotopic (exact) mass is 247 g/mol. The molecule has 1 aromatic rings. The molecule has 0 bridgehead atoms. The van der Waals surface area contributed by atoms with Crippen LogP contribution in [0.15, 0.2) is 24.5 Å². The molecule has 0 fully saturated rings. The predicted molar refractivity (Wildman–Crippen MR) is 62.4 cm³/mol. The van der Waals surface area contributed by atoms with Gasteiger partial charge in [0.05, 0.1) is 13.2 Å². The molecular weight excluding hydrogens is 233 g/mol. The van der Waals surface area contributed by atoms with E-state index in [-0.39, 0.29) is 0 Å². The molecule has 0 aromatic carbocycles. The van der Waals surface area contributed by atoms with Gasteiger partial charge < -0.3 is 4.52 Å². The highest BCUT2D eigenvalue weighted by atomic mass is 32.5. The molecule has 0 spiro atoms. The molecule has 0 atom stereocenters. The van der Waals surface area contributed by atoms with Crippen LogP contribution in [0.25, 0.3) is 0 Å². The summed E-state index contributed by atoms with van der Waals surface area (Å²) in [5.74, 6) is 0.621. The van der Waals surface area contributed by atoms with Crippen LogP contribution in [0.3, 0.4) is 0 Å². The Morgan fingerprint density at radius 1 is 1.20 bits per heavy atom. The normalized spacial score (nSPS) is 11.3. The second-order valence-corrected chi connectivity index (χ2v) is 5.49. The maximum absolute atomic E-state index is 5.52. The molecule has 4 nitrogen and oxygen atoms in total. The maximum atomic E-state index is 5.52. The molecule has 0 unspecified atom stereocenters. The van der Waals surface area contributed by atoms with Crippen molar-refractivity contribution in [1.82, 2.24) is 4.98 Å². The minimum absolute atomic E-state index is 0.475. The van der Waals surface area contributed by atoms with Crippen molar-refractivity contribution in [3.8, 4) is 5.75 Å². The van der Waals surface area contributed by atoms with Crippen molar-refractivity contribution >= 4 is 18.5 Å². The van der Waals surface area contributed by atoms with Crippen molar-refractivity contribution in [3.05, 3.63) is 24.5 Å². The van der Waals surface area contributed by atoms with E-state index in [1.165, 1.54) is 0 Å². The Kier molecular flexibility index (Phi) is 5.19. The van der Waals surface area contributed by atoms with Gasteiger partial charge >= 0.3 is 6.72 Å². The molecule has 84 valence electrons. The Bertz CT molecular complexity index is 323. The fraction of sp³-hybridized carbons (Fsp3) is 0.444. The lowest BCUT2D eigenvalue weighted by molar-refractivity contribution is 0.218. The number of rotatable bonds is 6. The first kappa shape index (κ1) is 12.6. The number of hydrogen-bond donors (Lipinski definition) is 0. The van der Waals surface area contributed by atoms with E-state index in [9.17, 15) is 0 Å². The minimum Gasteiger partial charge on any atom is -0.424 e. The summed E-state index contributed by atoms with van der Waals surface area (Å²) in [5.41, 5.74) is 0. The van der Waals surface area contributed by atoms with Gasteiger partial charge in [0.2, 0.25) is 0 Å². The zero-order valence-corrected chi connectivity index (χ0v) is 10.5. The SMILES string of the molecule is CCOP(=S)(OCC)Oc1ccncc1. The number of nitrogens with zero attached hydrogens (tertiary/aromatic N) is 1. The average Bonchev–Trinajstić information content (AvgIpc) is 2.19. The molecule has 0 radical (unpaired) electrons.